The molecule has 0 heterocycles. The smallest absolute Gasteiger partial charge is 0.305 e. The fourth-order valence-electron chi connectivity index (χ4n) is 10.6. The van der Waals surface area contributed by atoms with Gasteiger partial charge in [-0.3, -0.25) is 4.79 Å². The first-order valence-electron chi connectivity index (χ1n) is 17.7. The van der Waals surface area contributed by atoms with Crippen LogP contribution >= 0.6 is 0 Å². The van der Waals surface area contributed by atoms with E-state index in [4.69, 9.17) is 10.5 Å². The first kappa shape index (κ1) is 33.2. The van der Waals surface area contributed by atoms with Crippen LogP contribution in [-0.4, -0.2) is 58.4 Å². The molecule has 4 saturated carbocycles. The van der Waals surface area contributed by atoms with Gasteiger partial charge in [-0.15, -0.1) is 0 Å². The Balaban J connectivity index is 1.16. The number of ether oxygens (including phenoxy) is 1. The number of hydrogen-bond donors (Lipinski definition) is 4. The van der Waals surface area contributed by atoms with Crippen LogP contribution < -0.4 is 21.7 Å². The third kappa shape index (κ3) is 8.08. The molecular weight excluding hydrogens is 508 g/mol. The molecule has 6 nitrogen and oxygen atoms in total. The second-order valence-corrected chi connectivity index (χ2v) is 15.1. The van der Waals surface area contributed by atoms with Crippen LogP contribution in [0.25, 0.3) is 0 Å². The molecule has 0 amide bonds. The fourth-order valence-corrected chi connectivity index (χ4v) is 10.6. The quantitative estimate of drug-likeness (QED) is 0.128. The minimum absolute atomic E-state index is 0.0398. The van der Waals surface area contributed by atoms with Crippen LogP contribution in [0, 0.1) is 46.3 Å². The summed E-state index contributed by atoms with van der Waals surface area (Å²) in [6.45, 7) is 14.1. The van der Waals surface area contributed by atoms with Gasteiger partial charge in [-0.25, -0.2) is 0 Å². The molecule has 238 valence electrons. The molecule has 6 heteroatoms. The van der Waals surface area contributed by atoms with Crippen LogP contribution in [0.3, 0.4) is 0 Å². The van der Waals surface area contributed by atoms with E-state index in [1.54, 1.807) is 0 Å². The molecule has 4 rings (SSSR count). The first-order chi connectivity index (χ1) is 19.8. The summed E-state index contributed by atoms with van der Waals surface area (Å²) in [6.07, 6.45) is 19.2. The minimum atomic E-state index is -0.0398. The molecule has 4 aliphatic rings. The Morgan fingerprint density at radius 1 is 0.854 bits per heavy atom. The number of rotatable bonds is 17. The lowest BCUT2D eigenvalue weighted by Crippen LogP contribution is -2.55. The second kappa shape index (κ2) is 15.9. The Morgan fingerprint density at radius 3 is 2.27 bits per heavy atom. The summed E-state index contributed by atoms with van der Waals surface area (Å²) < 4.78 is 4.94. The lowest BCUT2D eigenvalue weighted by molar-refractivity contribution is -0.141. The Kier molecular flexibility index (Phi) is 12.8. The fraction of sp³-hybridized carbons (Fsp3) is 0.971. The summed E-state index contributed by atoms with van der Waals surface area (Å²) in [5.74, 6) is 5.05. The summed E-state index contributed by atoms with van der Waals surface area (Å²) in [6, 6.07) is 0.726. The Bertz CT molecular complexity index is 794. The molecule has 41 heavy (non-hydrogen) atoms. The molecule has 9 atom stereocenters. The van der Waals surface area contributed by atoms with Crippen molar-refractivity contribution in [3.63, 3.8) is 0 Å². The molecular formula is C35H66N4O2. The van der Waals surface area contributed by atoms with Gasteiger partial charge in [0.1, 0.15) is 0 Å². The van der Waals surface area contributed by atoms with Gasteiger partial charge in [-0.2, -0.15) is 0 Å². The van der Waals surface area contributed by atoms with Gasteiger partial charge in [-0.1, -0.05) is 20.8 Å². The maximum absolute atomic E-state index is 11.8. The highest BCUT2D eigenvalue weighted by Crippen LogP contribution is 2.68. The summed E-state index contributed by atoms with van der Waals surface area (Å²) in [4.78, 5) is 11.8. The zero-order chi connectivity index (χ0) is 29.3. The van der Waals surface area contributed by atoms with Crippen LogP contribution in [-0.2, 0) is 9.53 Å². The third-order valence-electron chi connectivity index (χ3n) is 12.9. The Morgan fingerprint density at radius 2 is 1.54 bits per heavy atom. The van der Waals surface area contributed by atoms with E-state index < -0.39 is 0 Å². The van der Waals surface area contributed by atoms with Crippen LogP contribution in [0.1, 0.15) is 117 Å². The van der Waals surface area contributed by atoms with E-state index in [9.17, 15) is 4.79 Å². The van der Waals surface area contributed by atoms with Gasteiger partial charge in [0.05, 0.1) is 7.11 Å². The van der Waals surface area contributed by atoms with Crippen molar-refractivity contribution in [2.24, 2.45) is 52.1 Å². The maximum atomic E-state index is 11.8. The molecule has 0 aliphatic heterocycles. The second-order valence-electron chi connectivity index (χ2n) is 15.1. The molecule has 0 radical (unpaired) electrons. The Labute approximate surface area is 252 Å². The third-order valence-corrected chi connectivity index (χ3v) is 12.9. The van der Waals surface area contributed by atoms with Crippen LogP contribution in [0.15, 0.2) is 0 Å². The van der Waals surface area contributed by atoms with Gasteiger partial charge < -0.3 is 26.4 Å². The van der Waals surface area contributed by atoms with E-state index in [-0.39, 0.29) is 5.97 Å². The summed E-state index contributed by atoms with van der Waals surface area (Å²) in [5.41, 5.74) is 6.57. The number of carbonyl (C=O) groups excluding carboxylic acids is 1. The van der Waals surface area contributed by atoms with E-state index in [0.29, 0.717) is 23.2 Å². The van der Waals surface area contributed by atoms with Crippen LogP contribution in [0.5, 0.6) is 0 Å². The van der Waals surface area contributed by atoms with Gasteiger partial charge >= 0.3 is 5.97 Å². The van der Waals surface area contributed by atoms with E-state index in [0.717, 1.165) is 87.7 Å². The zero-order valence-electron chi connectivity index (χ0n) is 27.3. The molecule has 0 aromatic rings. The van der Waals surface area contributed by atoms with Crippen molar-refractivity contribution in [1.82, 2.24) is 16.0 Å². The van der Waals surface area contributed by atoms with Gasteiger partial charge in [-0.05, 0) is 175 Å². The van der Waals surface area contributed by atoms with Gasteiger partial charge in [0.2, 0.25) is 0 Å². The van der Waals surface area contributed by atoms with Crippen molar-refractivity contribution < 1.29 is 9.53 Å². The number of unbranched alkanes of at least 4 members (excludes halogenated alkanes) is 1. The highest BCUT2D eigenvalue weighted by atomic mass is 16.5. The van der Waals surface area contributed by atoms with Gasteiger partial charge in [0.15, 0.2) is 0 Å². The number of hydrogen-bond acceptors (Lipinski definition) is 6. The molecule has 4 fully saturated rings. The molecule has 0 aromatic carbocycles. The van der Waals surface area contributed by atoms with E-state index >= 15 is 0 Å². The van der Waals surface area contributed by atoms with Gasteiger partial charge in [0.25, 0.3) is 0 Å². The number of nitrogens with one attached hydrogen (secondary N) is 3. The molecule has 0 saturated heterocycles. The average Bonchev–Trinajstić information content (AvgIpc) is 3.33. The molecule has 0 spiro atoms. The maximum Gasteiger partial charge on any atom is 0.305 e. The zero-order valence-corrected chi connectivity index (χ0v) is 27.3. The van der Waals surface area contributed by atoms with Gasteiger partial charge in [0, 0.05) is 12.5 Å². The van der Waals surface area contributed by atoms with E-state index in [2.05, 4.69) is 36.7 Å². The molecule has 5 N–H and O–H groups in total. The first-order valence-corrected chi connectivity index (χ1v) is 17.7. The van der Waals surface area contributed by atoms with Crippen molar-refractivity contribution >= 4 is 5.97 Å². The standard InChI is InChI=1S/C35H66N4O2/c1-26(9-14-33(40)41-4)30-12-13-31-29-11-10-27-25-28(15-17-34(27,2)32(29)16-18-35(30,31)3)39-24-8-23-38-21-6-5-20-37-22-7-19-36/h26-32,37-39H,5-25,36H2,1-4H3/t26-,27-,28+,29?,30-,31?,32?,34+,35-/m1/s1. The largest absolute Gasteiger partial charge is 0.469 e. The predicted molar refractivity (Wildman–Crippen MR) is 171 cm³/mol. The molecule has 3 unspecified atom stereocenters. The molecule has 0 bridgehead atoms. The van der Waals surface area contributed by atoms with Crippen molar-refractivity contribution in [3.05, 3.63) is 0 Å². The highest BCUT2D eigenvalue weighted by Gasteiger charge is 2.60. The number of carbonyl (C=O) groups is 1. The average molecular weight is 575 g/mol. The number of methoxy groups -OCH3 is 1. The highest BCUT2D eigenvalue weighted by molar-refractivity contribution is 5.69. The minimum Gasteiger partial charge on any atom is -0.469 e. The predicted octanol–water partition coefficient (Wildman–Crippen LogP) is 5.89. The molecule has 4 aliphatic carbocycles. The van der Waals surface area contributed by atoms with Crippen molar-refractivity contribution in [1.29, 1.82) is 0 Å². The van der Waals surface area contributed by atoms with E-state index in [1.165, 1.54) is 84.2 Å². The lowest BCUT2D eigenvalue weighted by Gasteiger charge is -2.61. The monoisotopic (exact) mass is 575 g/mol. The lowest BCUT2D eigenvalue weighted by atomic mass is 9.44. The summed E-state index contributed by atoms with van der Waals surface area (Å²) >= 11 is 0. The topological polar surface area (TPSA) is 88.4 Å². The number of nitrogens with two attached hydrogens (primary N) is 1. The van der Waals surface area contributed by atoms with Crippen molar-refractivity contribution in [3.8, 4) is 0 Å². The summed E-state index contributed by atoms with van der Waals surface area (Å²) in [5, 5.41) is 11.1. The normalized spacial score (nSPS) is 37.2. The SMILES string of the molecule is COC(=O)CC[C@@H](C)[C@H]1CCC2C3CC[C@@H]4C[C@@H](NCCCNCCCCNCCCN)CC[C@]4(C)C3CC[C@@]21C. The van der Waals surface area contributed by atoms with Crippen LogP contribution in [0.4, 0.5) is 0 Å². The van der Waals surface area contributed by atoms with E-state index in [1.807, 2.05) is 0 Å². The number of esters is 1. The summed E-state index contributed by atoms with van der Waals surface area (Å²) in [7, 11) is 1.52. The Hall–Kier alpha value is -0.690. The van der Waals surface area contributed by atoms with Crippen molar-refractivity contribution in [2.45, 2.75) is 123 Å². The number of fused-ring (bicyclic) bond motifs is 5. The molecule has 0 aromatic heterocycles. The van der Waals surface area contributed by atoms with Crippen LogP contribution in [0.2, 0.25) is 0 Å². The van der Waals surface area contributed by atoms with Crippen molar-refractivity contribution in [2.75, 3.05) is 46.4 Å².